The molecule has 1 aliphatic rings. The molecule has 2 atom stereocenters. The van der Waals surface area contributed by atoms with Crippen molar-refractivity contribution in [3.63, 3.8) is 0 Å². The molecule has 0 spiro atoms. The fraction of sp³-hybridized carbons (Fsp3) is 0.391. The summed E-state index contributed by atoms with van der Waals surface area (Å²) in [6.45, 7) is 0.753. The van der Waals surface area contributed by atoms with E-state index in [2.05, 4.69) is 20.7 Å². The molecule has 0 radical (unpaired) electrons. The van der Waals surface area contributed by atoms with Gasteiger partial charge in [0.15, 0.2) is 5.65 Å². The minimum absolute atomic E-state index is 0.0000204. The summed E-state index contributed by atoms with van der Waals surface area (Å²) in [7, 11) is 3.47. The van der Waals surface area contributed by atoms with Crippen molar-refractivity contribution >= 4 is 28.4 Å². The van der Waals surface area contributed by atoms with Crippen molar-refractivity contribution in [3.8, 4) is 11.3 Å². The van der Waals surface area contributed by atoms with Crippen LogP contribution in [0, 0.1) is 0 Å². The third-order valence-electron chi connectivity index (χ3n) is 6.27. The number of rotatable bonds is 8. The van der Waals surface area contributed by atoms with E-state index in [1.165, 1.54) is 0 Å². The number of fused-ring (bicyclic) bond motifs is 2. The SMILES string of the molecule is CNc1cc(-c2cn(CCCO)c3ncccc23)nc2c(C(=O)N[C@H]3CC[C@@H]3OC)cnn12. The number of amides is 1. The lowest BCUT2D eigenvalue weighted by molar-refractivity contribution is 0.00732. The van der Waals surface area contributed by atoms with Crippen molar-refractivity contribution in [2.45, 2.75) is 38.0 Å². The average molecular weight is 450 g/mol. The first-order valence-corrected chi connectivity index (χ1v) is 11.1. The molecule has 3 N–H and O–H groups in total. The number of aliphatic hydroxyl groups is 1. The van der Waals surface area contributed by atoms with E-state index in [-0.39, 0.29) is 24.7 Å². The maximum absolute atomic E-state index is 13.0. The zero-order valence-corrected chi connectivity index (χ0v) is 18.7. The summed E-state index contributed by atoms with van der Waals surface area (Å²) in [6.07, 6.45) is 7.81. The van der Waals surface area contributed by atoms with Crippen LogP contribution < -0.4 is 10.6 Å². The molecule has 172 valence electrons. The van der Waals surface area contributed by atoms with Crippen LogP contribution in [0.3, 0.4) is 0 Å². The zero-order valence-electron chi connectivity index (χ0n) is 18.7. The van der Waals surface area contributed by atoms with Gasteiger partial charge in [-0.25, -0.2) is 9.97 Å². The monoisotopic (exact) mass is 449 g/mol. The van der Waals surface area contributed by atoms with Gasteiger partial charge < -0.3 is 25.0 Å². The number of aromatic nitrogens is 5. The molecule has 0 bridgehead atoms. The van der Waals surface area contributed by atoms with Crippen LogP contribution in [-0.4, -0.2) is 68.1 Å². The minimum Gasteiger partial charge on any atom is -0.396 e. The van der Waals surface area contributed by atoms with Gasteiger partial charge in [-0.3, -0.25) is 4.79 Å². The van der Waals surface area contributed by atoms with Gasteiger partial charge in [0.2, 0.25) is 0 Å². The lowest BCUT2D eigenvalue weighted by atomic mass is 9.89. The molecule has 5 rings (SSSR count). The summed E-state index contributed by atoms with van der Waals surface area (Å²) < 4.78 is 9.06. The van der Waals surface area contributed by atoms with Crippen LogP contribution in [-0.2, 0) is 11.3 Å². The lowest BCUT2D eigenvalue weighted by Gasteiger charge is -2.35. The highest BCUT2D eigenvalue weighted by Crippen LogP contribution is 2.31. The quantitative estimate of drug-likeness (QED) is 0.377. The van der Waals surface area contributed by atoms with E-state index in [9.17, 15) is 9.90 Å². The number of hydrogen-bond donors (Lipinski definition) is 3. The van der Waals surface area contributed by atoms with Crippen molar-refractivity contribution in [1.29, 1.82) is 0 Å². The summed E-state index contributed by atoms with van der Waals surface area (Å²) in [4.78, 5) is 22.4. The smallest absolute Gasteiger partial charge is 0.257 e. The largest absolute Gasteiger partial charge is 0.396 e. The van der Waals surface area contributed by atoms with Gasteiger partial charge in [-0.15, -0.1) is 0 Å². The van der Waals surface area contributed by atoms with Crippen molar-refractivity contribution in [3.05, 3.63) is 42.4 Å². The maximum atomic E-state index is 13.0. The Kier molecular flexibility index (Phi) is 5.69. The van der Waals surface area contributed by atoms with Gasteiger partial charge in [0.25, 0.3) is 5.91 Å². The Hall–Kier alpha value is -3.50. The molecule has 10 heteroatoms. The molecule has 4 aromatic rings. The van der Waals surface area contributed by atoms with E-state index >= 15 is 0 Å². The Bertz CT molecular complexity index is 1310. The molecule has 1 fully saturated rings. The first-order chi connectivity index (χ1) is 16.1. The number of methoxy groups -OCH3 is 1. The van der Waals surface area contributed by atoms with E-state index in [1.54, 1.807) is 24.0 Å². The Morgan fingerprint density at radius 1 is 1.33 bits per heavy atom. The molecule has 0 saturated heterocycles. The number of carbonyl (C=O) groups is 1. The van der Waals surface area contributed by atoms with E-state index in [4.69, 9.17) is 9.72 Å². The first-order valence-electron chi connectivity index (χ1n) is 11.1. The summed E-state index contributed by atoms with van der Waals surface area (Å²) in [5.74, 6) is 0.503. The van der Waals surface area contributed by atoms with Gasteiger partial charge in [-0.1, -0.05) is 0 Å². The molecule has 0 aromatic carbocycles. The third-order valence-corrected chi connectivity index (χ3v) is 6.27. The number of anilines is 1. The van der Waals surface area contributed by atoms with E-state index in [1.807, 2.05) is 36.0 Å². The van der Waals surface area contributed by atoms with Crippen LogP contribution in [0.15, 0.2) is 36.8 Å². The van der Waals surface area contributed by atoms with Crippen LogP contribution in [0.1, 0.15) is 29.6 Å². The molecular formula is C23H27N7O3. The first kappa shape index (κ1) is 21.4. The number of hydrogen-bond acceptors (Lipinski definition) is 7. The predicted molar refractivity (Wildman–Crippen MR) is 124 cm³/mol. The number of aryl methyl sites for hydroxylation is 1. The van der Waals surface area contributed by atoms with Crippen molar-refractivity contribution in [1.82, 2.24) is 29.5 Å². The number of ether oxygens (including phenoxy) is 1. The van der Waals surface area contributed by atoms with E-state index < -0.39 is 0 Å². The van der Waals surface area contributed by atoms with Crippen molar-refractivity contribution in [2.75, 3.05) is 26.1 Å². The summed E-state index contributed by atoms with van der Waals surface area (Å²) in [6, 6.07) is 5.80. The van der Waals surface area contributed by atoms with Gasteiger partial charge in [0.1, 0.15) is 17.0 Å². The van der Waals surface area contributed by atoms with Gasteiger partial charge >= 0.3 is 0 Å². The lowest BCUT2D eigenvalue weighted by Crippen LogP contribution is -2.51. The Labute approximate surface area is 190 Å². The highest BCUT2D eigenvalue weighted by Gasteiger charge is 2.33. The Morgan fingerprint density at radius 3 is 2.94 bits per heavy atom. The van der Waals surface area contributed by atoms with Gasteiger partial charge in [-0.2, -0.15) is 9.61 Å². The highest BCUT2D eigenvalue weighted by molar-refractivity contribution is 6.01. The fourth-order valence-corrected chi connectivity index (χ4v) is 4.34. The fourth-order valence-electron chi connectivity index (χ4n) is 4.34. The number of nitrogens with zero attached hydrogens (tertiary/aromatic N) is 5. The van der Waals surface area contributed by atoms with Gasteiger partial charge in [-0.05, 0) is 31.4 Å². The molecular weight excluding hydrogens is 422 g/mol. The average Bonchev–Trinajstić information content (AvgIpc) is 3.42. The summed E-state index contributed by atoms with van der Waals surface area (Å²) in [5, 5.41) is 20.8. The van der Waals surface area contributed by atoms with Crippen LogP contribution in [0.5, 0.6) is 0 Å². The topological polar surface area (TPSA) is 119 Å². The molecule has 4 aromatic heterocycles. The molecule has 4 heterocycles. The molecule has 1 saturated carbocycles. The van der Waals surface area contributed by atoms with Gasteiger partial charge in [0.05, 0.1) is 24.0 Å². The van der Waals surface area contributed by atoms with Crippen LogP contribution in [0.25, 0.3) is 27.9 Å². The van der Waals surface area contributed by atoms with Crippen molar-refractivity contribution in [2.24, 2.45) is 0 Å². The molecule has 0 unspecified atom stereocenters. The Morgan fingerprint density at radius 2 is 2.21 bits per heavy atom. The minimum atomic E-state index is -0.213. The van der Waals surface area contributed by atoms with Crippen LogP contribution >= 0.6 is 0 Å². The summed E-state index contributed by atoms with van der Waals surface area (Å²) in [5.41, 5.74) is 3.33. The van der Waals surface area contributed by atoms with Crippen LogP contribution in [0.4, 0.5) is 5.82 Å². The van der Waals surface area contributed by atoms with E-state index in [0.717, 1.165) is 29.4 Å². The molecule has 33 heavy (non-hydrogen) atoms. The summed E-state index contributed by atoms with van der Waals surface area (Å²) >= 11 is 0. The second-order valence-corrected chi connectivity index (χ2v) is 8.19. The molecule has 0 aliphatic heterocycles. The second-order valence-electron chi connectivity index (χ2n) is 8.19. The number of aliphatic hydroxyl groups excluding tert-OH is 1. The predicted octanol–water partition coefficient (Wildman–Crippen LogP) is 2.08. The van der Waals surface area contributed by atoms with E-state index in [0.29, 0.717) is 35.7 Å². The van der Waals surface area contributed by atoms with Crippen LogP contribution in [0.2, 0.25) is 0 Å². The third kappa shape index (κ3) is 3.70. The number of pyridine rings is 1. The zero-order chi connectivity index (χ0) is 22.9. The normalized spacial score (nSPS) is 17.9. The van der Waals surface area contributed by atoms with Gasteiger partial charge in [0, 0.05) is 56.7 Å². The number of carbonyl (C=O) groups excluding carboxylic acids is 1. The van der Waals surface area contributed by atoms with Crippen molar-refractivity contribution < 1.29 is 14.6 Å². The maximum Gasteiger partial charge on any atom is 0.257 e. The Balaban J connectivity index is 1.59. The second kappa shape index (κ2) is 8.80. The molecule has 10 nitrogen and oxygen atoms in total. The molecule has 1 aliphatic carbocycles. The highest BCUT2D eigenvalue weighted by atomic mass is 16.5. The number of nitrogens with one attached hydrogen (secondary N) is 2. The standard InChI is InChI=1S/C23H27N7O3/c1-24-20-11-18(16-13-29(9-4-10-31)21-14(16)5-3-8-25-21)27-22-15(12-26-30(20)22)23(32)28-17-6-7-19(17)33-2/h3,5,8,11-13,17,19,24,31H,4,6-7,9-10H2,1-2H3,(H,28,32)/t17-,19-/m0/s1. The molecule has 1 amide bonds.